The molecule has 0 fully saturated rings. The van der Waals surface area contributed by atoms with Gasteiger partial charge in [0.1, 0.15) is 5.60 Å². The third kappa shape index (κ3) is 7.23. The van der Waals surface area contributed by atoms with Gasteiger partial charge in [-0.2, -0.15) is 0 Å². The molecular formula is C18H32O4. The molecule has 0 saturated carbocycles. The highest BCUT2D eigenvalue weighted by Gasteiger charge is 2.30. The lowest BCUT2D eigenvalue weighted by molar-refractivity contribution is -0.158. The van der Waals surface area contributed by atoms with E-state index in [1.54, 1.807) is 26.8 Å². The van der Waals surface area contributed by atoms with Gasteiger partial charge in [-0.1, -0.05) is 32.9 Å². The van der Waals surface area contributed by atoms with E-state index in [0.29, 0.717) is 0 Å². The van der Waals surface area contributed by atoms with E-state index in [2.05, 4.69) is 6.58 Å². The third-order valence-electron chi connectivity index (χ3n) is 3.57. The van der Waals surface area contributed by atoms with Crippen molar-refractivity contribution < 1.29 is 19.7 Å². The van der Waals surface area contributed by atoms with Gasteiger partial charge < -0.3 is 14.9 Å². The van der Waals surface area contributed by atoms with Crippen molar-refractivity contribution in [1.82, 2.24) is 0 Å². The molecule has 3 atom stereocenters. The maximum atomic E-state index is 11.8. The van der Waals surface area contributed by atoms with E-state index in [1.165, 1.54) is 0 Å². The van der Waals surface area contributed by atoms with E-state index >= 15 is 0 Å². The van der Waals surface area contributed by atoms with Crippen LogP contribution in [0, 0.1) is 11.3 Å². The lowest BCUT2D eigenvalue weighted by atomic mass is 9.81. The van der Waals surface area contributed by atoms with E-state index in [1.807, 2.05) is 33.8 Å². The van der Waals surface area contributed by atoms with Crippen LogP contribution < -0.4 is 0 Å². The molecule has 0 saturated heterocycles. The van der Waals surface area contributed by atoms with Crippen LogP contribution in [-0.2, 0) is 9.53 Å². The largest absolute Gasteiger partial charge is 0.460 e. The van der Waals surface area contributed by atoms with Gasteiger partial charge in [0, 0.05) is 11.3 Å². The van der Waals surface area contributed by atoms with Crippen molar-refractivity contribution in [2.24, 2.45) is 11.3 Å². The van der Waals surface area contributed by atoms with Crippen molar-refractivity contribution in [1.29, 1.82) is 0 Å². The molecule has 0 radical (unpaired) electrons. The number of ether oxygens (including phenoxy) is 1. The molecule has 0 aromatic rings. The molecule has 0 heterocycles. The summed E-state index contributed by atoms with van der Waals surface area (Å²) in [6.07, 6.45) is 1.88. The molecule has 0 aliphatic heterocycles. The van der Waals surface area contributed by atoms with Crippen molar-refractivity contribution in [2.75, 3.05) is 0 Å². The number of rotatable bonds is 7. The fraction of sp³-hybridized carbons (Fsp3) is 0.722. The maximum absolute atomic E-state index is 11.8. The van der Waals surface area contributed by atoms with E-state index in [9.17, 15) is 15.0 Å². The summed E-state index contributed by atoms with van der Waals surface area (Å²) in [4.78, 5) is 11.8. The van der Waals surface area contributed by atoms with Crippen molar-refractivity contribution in [3.05, 3.63) is 24.3 Å². The Hall–Kier alpha value is -1.13. The van der Waals surface area contributed by atoms with Crippen LogP contribution in [0.1, 0.15) is 54.9 Å². The Morgan fingerprint density at radius 3 is 2.14 bits per heavy atom. The molecule has 22 heavy (non-hydrogen) atoms. The van der Waals surface area contributed by atoms with Crippen LogP contribution in [0.2, 0.25) is 0 Å². The summed E-state index contributed by atoms with van der Waals surface area (Å²) in [5.41, 5.74) is -0.467. The highest BCUT2D eigenvalue weighted by Crippen LogP contribution is 2.29. The molecule has 4 nitrogen and oxygen atoms in total. The molecule has 4 heteroatoms. The molecule has 0 rings (SSSR count). The smallest absolute Gasteiger partial charge is 0.308 e. The van der Waals surface area contributed by atoms with E-state index in [4.69, 9.17) is 4.74 Å². The van der Waals surface area contributed by atoms with Crippen LogP contribution in [0.4, 0.5) is 0 Å². The average Bonchev–Trinajstić information content (AvgIpc) is 2.33. The number of carbonyl (C=O) groups is 1. The van der Waals surface area contributed by atoms with Gasteiger partial charge >= 0.3 is 5.97 Å². The molecule has 0 aromatic heterocycles. The van der Waals surface area contributed by atoms with Gasteiger partial charge in [0.2, 0.25) is 0 Å². The van der Waals surface area contributed by atoms with Gasteiger partial charge in [-0.3, -0.25) is 4.79 Å². The molecule has 0 aliphatic carbocycles. The Bertz CT molecular complexity index is 415. The first-order valence-corrected chi connectivity index (χ1v) is 7.70. The Kier molecular flexibility index (Phi) is 7.52. The van der Waals surface area contributed by atoms with Crippen LogP contribution in [0.3, 0.4) is 0 Å². The summed E-state index contributed by atoms with van der Waals surface area (Å²) in [6, 6.07) is 0. The van der Waals surface area contributed by atoms with Gasteiger partial charge in [0.25, 0.3) is 0 Å². The molecule has 0 spiro atoms. The topological polar surface area (TPSA) is 66.8 Å². The molecule has 0 amide bonds. The standard InChI is InChI=1S/C18H32O4/c1-9-12(2)16(21)13(3)11-18(7,8)14(19)10-15(20)22-17(4,5)6/h9,11-12,14,16,19,21H,1,10H2,2-8H3/b13-11+/t12-,14-,16-/m0/s1. The molecular weight excluding hydrogens is 280 g/mol. The normalized spacial score (nSPS) is 17.6. The van der Waals surface area contributed by atoms with Gasteiger partial charge in [0.15, 0.2) is 0 Å². The van der Waals surface area contributed by atoms with Crippen LogP contribution in [0.25, 0.3) is 0 Å². The number of hydrogen-bond acceptors (Lipinski definition) is 4. The summed E-state index contributed by atoms with van der Waals surface area (Å²) in [7, 11) is 0. The minimum absolute atomic E-state index is 0.0740. The lowest BCUT2D eigenvalue weighted by Crippen LogP contribution is -2.34. The van der Waals surface area contributed by atoms with E-state index in [0.717, 1.165) is 5.57 Å². The molecule has 0 aromatic carbocycles. The van der Waals surface area contributed by atoms with Crippen LogP contribution in [0.5, 0.6) is 0 Å². The Morgan fingerprint density at radius 1 is 1.23 bits per heavy atom. The van der Waals surface area contributed by atoms with Crippen molar-refractivity contribution in [3.63, 3.8) is 0 Å². The summed E-state index contributed by atoms with van der Waals surface area (Å²) < 4.78 is 5.23. The van der Waals surface area contributed by atoms with Gasteiger partial charge in [0.05, 0.1) is 18.6 Å². The fourth-order valence-electron chi connectivity index (χ4n) is 2.12. The number of carbonyl (C=O) groups excluding carboxylic acids is 1. The van der Waals surface area contributed by atoms with Crippen LogP contribution in [-0.4, -0.2) is 34.0 Å². The number of aliphatic hydroxyl groups is 2. The predicted molar refractivity (Wildman–Crippen MR) is 89.4 cm³/mol. The Morgan fingerprint density at radius 2 is 1.73 bits per heavy atom. The zero-order valence-electron chi connectivity index (χ0n) is 15.0. The first kappa shape index (κ1) is 20.9. The second kappa shape index (κ2) is 7.93. The summed E-state index contributed by atoms with van der Waals surface area (Å²) in [5.74, 6) is -0.505. The second-order valence-corrected chi connectivity index (χ2v) is 7.56. The number of aliphatic hydroxyl groups excluding tert-OH is 2. The lowest BCUT2D eigenvalue weighted by Gasteiger charge is -2.30. The molecule has 0 unspecified atom stereocenters. The van der Waals surface area contributed by atoms with Gasteiger partial charge in [-0.05, 0) is 33.3 Å². The summed E-state index contributed by atoms with van der Waals surface area (Å²) in [5, 5.41) is 20.5. The molecule has 2 N–H and O–H groups in total. The van der Waals surface area contributed by atoms with Crippen LogP contribution >= 0.6 is 0 Å². The summed E-state index contributed by atoms with van der Waals surface area (Å²) >= 11 is 0. The third-order valence-corrected chi connectivity index (χ3v) is 3.57. The number of esters is 1. The Balaban J connectivity index is 4.92. The van der Waals surface area contributed by atoms with Gasteiger partial charge in [-0.15, -0.1) is 6.58 Å². The zero-order valence-corrected chi connectivity index (χ0v) is 15.0. The summed E-state index contributed by atoms with van der Waals surface area (Å²) in [6.45, 7) is 16.4. The monoisotopic (exact) mass is 312 g/mol. The molecule has 128 valence electrons. The van der Waals surface area contributed by atoms with E-state index < -0.39 is 29.2 Å². The molecule has 0 aliphatic rings. The molecule has 0 bridgehead atoms. The minimum Gasteiger partial charge on any atom is -0.460 e. The maximum Gasteiger partial charge on any atom is 0.308 e. The SMILES string of the molecule is C=C[C@H](C)[C@H](O)/C(C)=C/C(C)(C)[C@@H](O)CC(=O)OC(C)(C)C. The minimum atomic E-state index is -0.886. The fourth-order valence-corrected chi connectivity index (χ4v) is 2.12. The van der Waals surface area contributed by atoms with Crippen molar-refractivity contribution in [2.45, 2.75) is 72.7 Å². The quantitative estimate of drug-likeness (QED) is 0.559. The van der Waals surface area contributed by atoms with Crippen molar-refractivity contribution >= 4 is 5.97 Å². The van der Waals surface area contributed by atoms with E-state index in [-0.39, 0.29) is 12.3 Å². The highest BCUT2D eigenvalue weighted by molar-refractivity contribution is 5.70. The van der Waals surface area contributed by atoms with Crippen molar-refractivity contribution in [3.8, 4) is 0 Å². The highest BCUT2D eigenvalue weighted by atomic mass is 16.6. The average molecular weight is 312 g/mol. The van der Waals surface area contributed by atoms with Crippen LogP contribution in [0.15, 0.2) is 24.3 Å². The first-order chi connectivity index (χ1) is 9.80. The Labute approximate surface area is 134 Å². The number of hydrogen-bond donors (Lipinski definition) is 2. The van der Waals surface area contributed by atoms with Gasteiger partial charge in [-0.25, -0.2) is 0 Å². The predicted octanol–water partition coefficient (Wildman–Crippen LogP) is 3.23. The second-order valence-electron chi connectivity index (χ2n) is 7.56. The zero-order chi connectivity index (χ0) is 17.7. The first-order valence-electron chi connectivity index (χ1n) is 7.70.